The van der Waals surface area contributed by atoms with Crippen LogP contribution in [0.4, 0.5) is 0 Å². The first-order chi connectivity index (χ1) is 14.1. The molecule has 150 valence electrons. The van der Waals surface area contributed by atoms with Crippen LogP contribution in [-0.2, 0) is 6.54 Å². The number of carbonyl (C=O) groups is 1. The number of unbranched alkanes of at least 4 members (excludes halogenated alkanes) is 1. The van der Waals surface area contributed by atoms with Crippen molar-refractivity contribution in [3.8, 4) is 0 Å². The van der Waals surface area contributed by atoms with Crippen LogP contribution in [0, 0.1) is 0 Å². The molecule has 0 saturated carbocycles. The Hall–Kier alpha value is -2.31. The highest BCUT2D eigenvalue weighted by Crippen LogP contribution is 2.37. The molecular weight excluding hydrogens is 406 g/mol. The van der Waals surface area contributed by atoms with Crippen LogP contribution >= 0.6 is 23.4 Å². The minimum atomic E-state index is -0.269. The highest BCUT2D eigenvalue weighted by atomic mass is 35.5. The molecule has 3 aromatic rings. The Morgan fingerprint density at radius 3 is 2.86 bits per heavy atom. The van der Waals surface area contributed by atoms with Crippen molar-refractivity contribution in [2.45, 2.75) is 43.7 Å². The summed E-state index contributed by atoms with van der Waals surface area (Å²) in [4.78, 5) is 27.1. The van der Waals surface area contributed by atoms with Crippen molar-refractivity contribution in [2.75, 3.05) is 5.75 Å². The maximum absolute atomic E-state index is 13.2. The Labute approximate surface area is 178 Å². The van der Waals surface area contributed by atoms with E-state index < -0.39 is 0 Å². The SMILES string of the molecule is CCCCn1nc(C(=O)NC2CCSc3ccc(Cl)cc32)c2ccccc2c1=O. The van der Waals surface area contributed by atoms with Gasteiger partial charge in [0.15, 0.2) is 5.69 Å². The molecule has 0 aliphatic carbocycles. The Morgan fingerprint density at radius 2 is 2.07 bits per heavy atom. The number of rotatable bonds is 5. The standard InChI is InChI=1S/C22H22ClN3O2S/c1-2-3-11-26-22(28)16-7-5-4-6-15(16)20(25-26)21(27)24-18-10-12-29-19-9-8-14(23)13-17(18)19/h4-9,13,18H,2-3,10-12H2,1H3,(H,24,27). The van der Waals surface area contributed by atoms with Crippen molar-refractivity contribution in [3.05, 3.63) is 69.1 Å². The molecule has 0 spiro atoms. The maximum atomic E-state index is 13.2. The number of nitrogens with one attached hydrogen (secondary N) is 1. The second kappa shape index (κ2) is 8.59. The van der Waals surface area contributed by atoms with Crippen LogP contribution in [0.1, 0.15) is 48.3 Å². The molecule has 0 saturated heterocycles. The van der Waals surface area contributed by atoms with Gasteiger partial charge in [-0.05, 0) is 42.7 Å². The van der Waals surface area contributed by atoms with Crippen molar-refractivity contribution in [1.29, 1.82) is 0 Å². The van der Waals surface area contributed by atoms with Crippen LogP contribution in [0.25, 0.3) is 10.8 Å². The highest BCUT2D eigenvalue weighted by molar-refractivity contribution is 7.99. The first kappa shape index (κ1) is 20.0. The monoisotopic (exact) mass is 427 g/mol. The molecule has 2 heterocycles. The molecule has 4 rings (SSSR count). The summed E-state index contributed by atoms with van der Waals surface area (Å²) in [6.45, 7) is 2.56. The van der Waals surface area contributed by atoms with Gasteiger partial charge in [0.25, 0.3) is 11.5 Å². The molecule has 0 radical (unpaired) electrons. The third kappa shape index (κ3) is 4.05. The highest BCUT2D eigenvalue weighted by Gasteiger charge is 2.25. The van der Waals surface area contributed by atoms with E-state index in [0.717, 1.165) is 35.5 Å². The normalized spacial score (nSPS) is 15.9. The first-order valence-corrected chi connectivity index (χ1v) is 11.2. The van der Waals surface area contributed by atoms with E-state index in [1.165, 1.54) is 4.68 Å². The van der Waals surface area contributed by atoms with Crippen molar-refractivity contribution in [1.82, 2.24) is 15.1 Å². The van der Waals surface area contributed by atoms with Crippen molar-refractivity contribution >= 4 is 40.0 Å². The summed E-state index contributed by atoms with van der Waals surface area (Å²) >= 11 is 7.96. The number of halogens is 1. The molecule has 1 amide bonds. The molecule has 1 aliphatic heterocycles. The van der Waals surface area contributed by atoms with Gasteiger partial charge in [-0.2, -0.15) is 5.10 Å². The lowest BCUT2D eigenvalue weighted by Gasteiger charge is -2.26. The Kier molecular flexibility index (Phi) is 5.92. The summed E-state index contributed by atoms with van der Waals surface area (Å²) in [6, 6.07) is 12.8. The lowest BCUT2D eigenvalue weighted by molar-refractivity contribution is 0.0929. The van der Waals surface area contributed by atoms with Crippen molar-refractivity contribution in [3.63, 3.8) is 0 Å². The zero-order valence-electron chi connectivity index (χ0n) is 16.2. The van der Waals surface area contributed by atoms with Crippen LogP contribution in [-0.4, -0.2) is 21.4 Å². The molecule has 1 N–H and O–H groups in total. The summed E-state index contributed by atoms with van der Waals surface area (Å²) in [7, 11) is 0. The van der Waals surface area contributed by atoms with Gasteiger partial charge in [-0.15, -0.1) is 11.8 Å². The minimum absolute atomic E-state index is 0.131. The zero-order valence-corrected chi connectivity index (χ0v) is 17.7. The number of amides is 1. The average molecular weight is 428 g/mol. The zero-order chi connectivity index (χ0) is 20.4. The van der Waals surface area contributed by atoms with Gasteiger partial charge in [0, 0.05) is 27.6 Å². The van der Waals surface area contributed by atoms with E-state index in [0.29, 0.717) is 22.3 Å². The molecule has 29 heavy (non-hydrogen) atoms. The molecule has 1 aromatic heterocycles. The number of nitrogens with zero attached hydrogens (tertiary/aromatic N) is 2. The van der Waals surface area contributed by atoms with E-state index in [1.54, 1.807) is 23.9 Å². The summed E-state index contributed by atoms with van der Waals surface area (Å²) in [5, 5.41) is 9.32. The largest absolute Gasteiger partial charge is 0.344 e. The number of aryl methyl sites for hydroxylation is 1. The molecule has 7 heteroatoms. The lowest BCUT2D eigenvalue weighted by Crippen LogP contribution is -2.34. The van der Waals surface area contributed by atoms with E-state index in [-0.39, 0.29) is 23.2 Å². The van der Waals surface area contributed by atoms with E-state index in [4.69, 9.17) is 11.6 Å². The Balaban J connectivity index is 1.72. The van der Waals surface area contributed by atoms with Gasteiger partial charge in [-0.1, -0.05) is 43.1 Å². The molecule has 1 atom stereocenters. The molecule has 0 fully saturated rings. The summed E-state index contributed by atoms with van der Waals surface area (Å²) in [5.74, 6) is 0.651. The average Bonchev–Trinajstić information content (AvgIpc) is 2.74. The van der Waals surface area contributed by atoms with Gasteiger partial charge in [0.2, 0.25) is 0 Å². The van der Waals surface area contributed by atoms with E-state index in [1.807, 2.05) is 30.3 Å². The van der Waals surface area contributed by atoms with Gasteiger partial charge < -0.3 is 5.32 Å². The fourth-order valence-corrected chi connectivity index (χ4v) is 4.89. The van der Waals surface area contributed by atoms with Crippen molar-refractivity contribution in [2.24, 2.45) is 0 Å². The van der Waals surface area contributed by atoms with E-state index >= 15 is 0 Å². The second-order valence-electron chi connectivity index (χ2n) is 7.12. The number of fused-ring (bicyclic) bond motifs is 2. The van der Waals surface area contributed by atoms with Crippen LogP contribution in [0.5, 0.6) is 0 Å². The number of hydrogen-bond donors (Lipinski definition) is 1. The number of aromatic nitrogens is 2. The summed E-state index contributed by atoms with van der Waals surface area (Å²) < 4.78 is 1.42. The number of thioether (sulfide) groups is 1. The maximum Gasteiger partial charge on any atom is 0.274 e. The van der Waals surface area contributed by atoms with Gasteiger partial charge in [-0.25, -0.2) is 4.68 Å². The number of hydrogen-bond acceptors (Lipinski definition) is 4. The molecule has 1 unspecified atom stereocenters. The number of carbonyl (C=O) groups excluding carboxylic acids is 1. The van der Waals surface area contributed by atoms with Crippen LogP contribution in [0.3, 0.4) is 0 Å². The number of benzene rings is 2. The summed E-state index contributed by atoms with van der Waals surface area (Å²) in [6.07, 6.45) is 2.59. The van der Waals surface area contributed by atoms with Crippen LogP contribution < -0.4 is 10.9 Å². The fraction of sp³-hybridized carbons (Fsp3) is 0.318. The Bertz CT molecular complexity index is 1130. The lowest BCUT2D eigenvalue weighted by atomic mass is 10.0. The predicted octanol–water partition coefficient (Wildman–Crippen LogP) is 4.82. The second-order valence-corrected chi connectivity index (χ2v) is 8.69. The molecule has 5 nitrogen and oxygen atoms in total. The third-order valence-electron chi connectivity index (χ3n) is 5.12. The van der Waals surface area contributed by atoms with Gasteiger partial charge in [-0.3, -0.25) is 9.59 Å². The predicted molar refractivity (Wildman–Crippen MR) is 118 cm³/mol. The van der Waals surface area contributed by atoms with E-state index in [2.05, 4.69) is 17.3 Å². The molecule has 0 bridgehead atoms. The quantitative estimate of drug-likeness (QED) is 0.634. The van der Waals surface area contributed by atoms with Gasteiger partial charge >= 0.3 is 0 Å². The fourth-order valence-electron chi connectivity index (χ4n) is 3.60. The third-order valence-corrected chi connectivity index (χ3v) is 6.48. The molecular formula is C22H22ClN3O2S. The topological polar surface area (TPSA) is 64.0 Å². The smallest absolute Gasteiger partial charge is 0.274 e. The molecule has 1 aliphatic rings. The van der Waals surface area contributed by atoms with Crippen LogP contribution in [0.2, 0.25) is 5.02 Å². The van der Waals surface area contributed by atoms with Crippen LogP contribution in [0.15, 0.2) is 52.2 Å². The Morgan fingerprint density at radius 1 is 1.28 bits per heavy atom. The summed E-state index contributed by atoms with van der Waals surface area (Å²) in [5.41, 5.74) is 1.17. The molecule has 2 aromatic carbocycles. The van der Waals surface area contributed by atoms with E-state index in [9.17, 15) is 9.59 Å². The van der Waals surface area contributed by atoms with Gasteiger partial charge in [0.05, 0.1) is 11.4 Å². The van der Waals surface area contributed by atoms with Crippen molar-refractivity contribution < 1.29 is 4.79 Å². The van der Waals surface area contributed by atoms with Gasteiger partial charge in [0.1, 0.15) is 0 Å². The first-order valence-electron chi connectivity index (χ1n) is 9.81. The minimum Gasteiger partial charge on any atom is -0.344 e.